The fraction of sp³-hybridized carbons (Fsp3) is 0.129. The first-order valence-corrected chi connectivity index (χ1v) is 13.8. The molecular weight excluding hydrogens is 562 g/mol. The number of hydrogen-bond donors (Lipinski definition) is 3. The third-order valence-electron chi connectivity index (χ3n) is 6.38. The predicted molar refractivity (Wildman–Crippen MR) is 157 cm³/mol. The first-order valence-electron chi connectivity index (χ1n) is 13.0. The number of benzene rings is 3. The van der Waals surface area contributed by atoms with Gasteiger partial charge in [0.1, 0.15) is 28.0 Å². The van der Waals surface area contributed by atoms with Gasteiger partial charge in [0.2, 0.25) is 0 Å². The van der Waals surface area contributed by atoms with Gasteiger partial charge >= 0.3 is 6.03 Å². The Morgan fingerprint density at radius 1 is 0.905 bits per heavy atom. The predicted octanol–water partition coefficient (Wildman–Crippen LogP) is 7.31. The maximum atomic E-state index is 13.9. The lowest BCUT2D eigenvalue weighted by Crippen LogP contribution is -2.31. The van der Waals surface area contributed by atoms with Crippen molar-refractivity contribution in [3.05, 3.63) is 119 Å². The van der Waals surface area contributed by atoms with Gasteiger partial charge in [-0.05, 0) is 72.1 Å². The Kier molecular flexibility index (Phi) is 8.39. The number of carbonyl (C=O) groups is 3. The van der Waals surface area contributed by atoms with Crippen LogP contribution in [-0.4, -0.2) is 22.7 Å². The summed E-state index contributed by atoms with van der Waals surface area (Å²) in [6.45, 7) is 4.16. The number of halogens is 2. The highest BCUT2D eigenvalue weighted by atomic mass is 32.2. The smallest absolute Gasteiger partial charge is 0.323 e. The molecule has 42 heavy (non-hydrogen) atoms. The average molecular weight is 589 g/mol. The quantitative estimate of drug-likeness (QED) is 0.177. The van der Waals surface area contributed by atoms with Crippen molar-refractivity contribution in [3.63, 3.8) is 0 Å². The minimum atomic E-state index is -0.901. The fourth-order valence-corrected chi connectivity index (χ4v) is 5.10. The van der Waals surface area contributed by atoms with E-state index in [1.165, 1.54) is 6.26 Å². The van der Waals surface area contributed by atoms with Crippen LogP contribution >= 0.6 is 11.8 Å². The first-order chi connectivity index (χ1) is 20.2. The minimum absolute atomic E-state index is 0.0151. The lowest BCUT2D eigenvalue weighted by atomic mass is 10.0. The van der Waals surface area contributed by atoms with E-state index in [4.69, 9.17) is 4.42 Å². The highest BCUT2D eigenvalue weighted by Gasteiger charge is 2.39. The number of nitrogens with zero attached hydrogens (tertiary/aromatic N) is 1. The summed E-state index contributed by atoms with van der Waals surface area (Å²) < 4.78 is 32.3. The summed E-state index contributed by atoms with van der Waals surface area (Å²) in [5.74, 6) is -1.79. The lowest BCUT2D eigenvalue weighted by molar-refractivity contribution is -0.138. The summed E-state index contributed by atoms with van der Waals surface area (Å²) >= 11 is 1.11. The van der Waals surface area contributed by atoms with Gasteiger partial charge in [0, 0.05) is 22.3 Å². The van der Waals surface area contributed by atoms with Crippen molar-refractivity contribution in [2.75, 3.05) is 16.0 Å². The molecule has 4 amide bonds. The van der Waals surface area contributed by atoms with E-state index in [-0.39, 0.29) is 22.8 Å². The molecule has 1 aliphatic heterocycles. The topological polar surface area (TPSA) is 104 Å². The number of amides is 4. The number of nitrogens with one attached hydrogen (secondary N) is 3. The Bertz CT molecular complexity index is 1650. The zero-order valence-electron chi connectivity index (χ0n) is 22.6. The van der Waals surface area contributed by atoms with Crippen LogP contribution in [0.1, 0.15) is 31.1 Å². The number of furan rings is 1. The van der Waals surface area contributed by atoms with Crippen molar-refractivity contribution in [1.29, 1.82) is 0 Å². The molecule has 4 aromatic rings. The lowest BCUT2D eigenvalue weighted by Gasteiger charge is -2.14. The van der Waals surface area contributed by atoms with E-state index in [0.29, 0.717) is 34.0 Å². The average Bonchev–Trinajstić information content (AvgIpc) is 3.55. The molecule has 3 N–H and O–H groups in total. The molecule has 0 atom stereocenters. The molecule has 0 unspecified atom stereocenters. The number of imide groups is 1. The van der Waals surface area contributed by atoms with Gasteiger partial charge in [0.05, 0.1) is 18.5 Å². The second-order valence-electron chi connectivity index (χ2n) is 9.71. The van der Waals surface area contributed by atoms with Gasteiger partial charge in [-0.3, -0.25) is 14.5 Å². The second kappa shape index (κ2) is 12.3. The van der Waals surface area contributed by atoms with E-state index in [1.807, 2.05) is 24.3 Å². The Morgan fingerprint density at radius 3 is 2.26 bits per heavy atom. The molecule has 0 radical (unpaired) electrons. The van der Waals surface area contributed by atoms with Gasteiger partial charge in [-0.25, -0.2) is 13.6 Å². The van der Waals surface area contributed by atoms with E-state index in [1.54, 1.807) is 36.4 Å². The number of rotatable bonds is 9. The van der Waals surface area contributed by atoms with Gasteiger partial charge in [-0.1, -0.05) is 37.7 Å². The maximum absolute atomic E-state index is 13.9. The molecule has 0 fully saturated rings. The van der Waals surface area contributed by atoms with E-state index in [0.717, 1.165) is 34.4 Å². The highest BCUT2D eigenvalue weighted by molar-refractivity contribution is 8.04. The molecule has 0 saturated heterocycles. The van der Waals surface area contributed by atoms with Gasteiger partial charge < -0.3 is 20.4 Å². The number of urea groups is 1. The SMILES string of the molecule is CC(C)c1ccc(NC2=C(Sc3ccc(NC(=O)Nc4ccc(F)cc4F)cc3)C(=O)N(Cc3ccco3)C2=O)cc1. The van der Waals surface area contributed by atoms with Gasteiger partial charge in [-0.15, -0.1) is 0 Å². The monoisotopic (exact) mass is 588 g/mol. The van der Waals surface area contributed by atoms with Crippen LogP contribution in [0, 0.1) is 11.6 Å². The fourth-order valence-electron chi connectivity index (χ4n) is 4.16. The van der Waals surface area contributed by atoms with E-state index in [9.17, 15) is 23.2 Å². The molecule has 11 heteroatoms. The van der Waals surface area contributed by atoms with Crippen molar-refractivity contribution >= 4 is 46.7 Å². The molecule has 0 aliphatic carbocycles. The summed E-state index contributed by atoms with van der Waals surface area (Å²) in [6, 6.07) is 19.7. The normalized spacial score (nSPS) is 13.2. The molecule has 0 saturated carbocycles. The summed E-state index contributed by atoms with van der Waals surface area (Å²) in [4.78, 5) is 41.1. The van der Waals surface area contributed by atoms with Gasteiger partial charge in [-0.2, -0.15) is 0 Å². The molecule has 8 nitrogen and oxygen atoms in total. The van der Waals surface area contributed by atoms with Crippen LogP contribution in [0.25, 0.3) is 0 Å². The molecular formula is C31H26F2N4O4S. The van der Waals surface area contributed by atoms with Crippen LogP contribution < -0.4 is 16.0 Å². The van der Waals surface area contributed by atoms with Crippen molar-refractivity contribution in [2.45, 2.75) is 31.2 Å². The number of anilines is 3. The highest BCUT2D eigenvalue weighted by Crippen LogP contribution is 2.37. The molecule has 0 bridgehead atoms. The summed E-state index contributed by atoms with van der Waals surface area (Å²) in [7, 11) is 0. The zero-order chi connectivity index (χ0) is 29.8. The molecule has 1 aromatic heterocycles. The van der Waals surface area contributed by atoms with E-state index in [2.05, 4.69) is 29.8 Å². The summed E-state index contributed by atoms with van der Waals surface area (Å²) in [5, 5.41) is 8.03. The van der Waals surface area contributed by atoms with Crippen LogP contribution in [0.5, 0.6) is 0 Å². The Balaban J connectivity index is 1.33. The van der Waals surface area contributed by atoms with Crippen molar-refractivity contribution in [2.24, 2.45) is 0 Å². The largest absolute Gasteiger partial charge is 0.467 e. The maximum Gasteiger partial charge on any atom is 0.323 e. The Morgan fingerprint density at radius 2 is 1.62 bits per heavy atom. The van der Waals surface area contributed by atoms with Crippen molar-refractivity contribution in [1.82, 2.24) is 4.90 Å². The third-order valence-corrected chi connectivity index (χ3v) is 7.47. The number of carbonyl (C=O) groups excluding carboxylic acids is 3. The van der Waals surface area contributed by atoms with Crippen LogP contribution in [0.15, 0.2) is 105 Å². The Hall–Kier alpha value is -4.90. The summed E-state index contributed by atoms with van der Waals surface area (Å²) in [5.41, 5.74) is 2.18. The van der Waals surface area contributed by atoms with Crippen LogP contribution in [0.2, 0.25) is 0 Å². The van der Waals surface area contributed by atoms with Crippen molar-refractivity contribution < 1.29 is 27.6 Å². The number of thioether (sulfide) groups is 1. The van der Waals surface area contributed by atoms with E-state index < -0.39 is 29.5 Å². The van der Waals surface area contributed by atoms with Crippen LogP contribution in [0.3, 0.4) is 0 Å². The van der Waals surface area contributed by atoms with E-state index >= 15 is 0 Å². The molecule has 0 spiro atoms. The molecule has 2 heterocycles. The standard InChI is InChI=1S/C31H26F2N4O4S/c1-18(2)19-5-8-21(9-6-19)34-27-28(30(39)37(29(27)38)17-23-4-3-15-41-23)42-24-12-10-22(11-13-24)35-31(40)36-26-14-7-20(32)16-25(26)33/h3-16,18,34H,17H2,1-2H3,(H2,35,36,40). The summed E-state index contributed by atoms with van der Waals surface area (Å²) in [6.07, 6.45) is 1.48. The Labute approximate surface area is 244 Å². The first kappa shape index (κ1) is 28.6. The number of hydrogen-bond acceptors (Lipinski definition) is 6. The second-order valence-corrected chi connectivity index (χ2v) is 10.8. The van der Waals surface area contributed by atoms with Gasteiger partial charge in [0.15, 0.2) is 0 Å². The zero-order valence-corrected chi connectivity index (χ0v) is 23.4. The third kappa shape index (κ3) is 6.52. The molecule has 214 valence electrons. The molecule has 3 aromatic carbocycles. The van der Waals surface area contributed by atoms with Crippen LogP contribution in [0.4, 0.5) is 30.6 Å². The molecule has 5 rings (SSSR count). The minimum Gasteiger partial charge on any atom is -0.467 e. The molecule has 1 aliphatic rings. The van der Waals surface area contributed by atoms with Crippen LogP contribution in [-0.2, 0) is 16.1 Å². The van der Waals surface area contributed by atoms with Gasteiger partial charge in [0.25, 0.3) is 11.8 Å². The van der Waals surface area contributed by atoms with Crippen molar-refractivity contribution in [3.8, 4) is 0 Å².